The van der Waals surface area contributed by atoms with Gasteiger partial charge in [-0.2, -0.15) is 4.98 Å². The molecule has 4 rings (SSSR count). The highest BCUT2D eigenvalue weighted by molar-refractivity contribution is 6.06. The van der Waals surface area contributed by atoms with E-state index in [1.807, 2.05) is 11.9 Å². The number of rotatable bonds is 0. The van der Waals surface area contributed by atoms with Gasteiger partial charge in [0.1, 0.15) is 11.9 Å². The normalized spacial score (nSPS) is 21.8. The van der Waals surface area contributed by atoms with Gasteiger partial charge in [0.15, 0.2) is 11.6 Å². The average Bonchev–Trinajstić information content (AvgIpc) is 2.58. The number of piperazine rings is 1. The highest BCUT2D eigenvalue weighted by Crippen LogP contribution is 2.33. The minimum atomic E-state index is -0.548. The number of nitrogens with zero attached hydrogens (tertiary/aromatic N) is 5. The van der Waals surface area contributed by atoms with Crippen molar-refractivity contribution in [1.29, 1.82) is 0 Å². The lowest BCUT2D eigenvalue weighted by Crippen LogP contribution is -2.56. The molecule has 1 unspecified atom stereocenters. The predicted octanol–water partition coefficient (Wildman–Crippen LogP) is 0.492. The smallest absolute Gasteiger partial charge is 0.343 e. The number of pyridine rings is 1. The quantitative estimate of drug-likeness (QED) is 0.693. The van der Waals surface area contributed by atoms with Crippen LogP contribution in [0.25, 0.3) is 17.0 Å². The van der Waals surface area contributed by atoms with Crippen LogP contribution in [0.4, 0.5) is 10.2 Å². The molecule has 2 aliphatic rings. The van der Waals surface area contributed by atoms with E-state index in [0.717, 1.165) is 6.54 Å². The van der Waals surface area contributed by atoms with E-state index in [1.165, 1.54) is 17.7 Å². The topological polar surface area (TPSA) is 71.3 Å². The number of aromatic nitrogens is 3. The van der Waals surface area contributed by atoms with Crippen molar-refractivity contribution >= 4 is 28.6 Å². The molecule has 2 aromatic heterocycles. The first-order valence-corrected chi connectivity index (χ1v) is 8.12. The summed E-state index contributed by atoms with van der Waals surface area (Å²) in [6, 6.07) is -0.449. The number of ketones is 1. The third-order valence-corrected chi connectivity index (χ3v) is 4.94. The van der Waals surface area contributed by atoms with E-state index in [2.05, 4.69) is 14.9 Å². The van der Waals surface area contributed by atoms with Crippen LogP contribution < -0.4 is 10.6 Å². The van der Waals surface area contributed by atoms with Crippen LogP contribution in [0.5, 0.6) is 0 Å². The zero-order chi connectivity index (χ0) is 17.9. The highest BCUT2D eigenvalue weighted by Gasteiger charge is 2.34. The standard InChI is InChI=1S/C17H18FN5O2/c1-9-14(18)15-13-10(19-9)4-5-12(24)11-8-21(2)6-7-23(11)16(13)20-17(25)22(15)3/h4-5,11H,6-8H2,1-3H3/b5-4-. The lowest BCUT2D eigenvalue weighted by atomic mass is 10.0. The molecule has 0 spiro atoms. The van der Waals surface area contributed by atoms with Gasteiger partial charge in [-0.15, -0.1) is 0 Å². The van der Waals surface area contributed by atoms with Crippen molar-refractivity contribution < 1.29 is 9.18 Å². The highest BCUT2D eigenvalue weighted by atomic mass is 19.1. The van der Waals surface area contributed by atoms with E-state index in [-0.39, 0.29) is 17.0 Å². The van der Waals surface area contributed by atoms with Crippen LogP contribution in [0, 0.1) is 12.7 Å². The zero-order valence-corrected chi connectivity index (χ0v) is 14.3. The molecule has 1 saturated heterocycles. The Morgan fingerprint density at radius 3 is 2.68 bits per heavy atom. The second-order valence-electron chi connectivity index (χ2n) is 6.60. The summed E-state index contributed by atoms with van der Waals surface area (Å²) in [6.45, 7) is 3.33. The van der Waals surface area contributed by atoms with Crippen molar-refractivity contribution in [3.8, 4) is 0 Å². The molecule has 0 saturated carbocycles. The maximum absolute atomic E-state index is 14.8. The van der Waals surface area contributed by atoms with Gasteiger partial charge in [-0.25, -0.2) is 14.2 Å². The van der Waals surface area contributed by atoms with E-state index >= 15 is 0 Å². The van der Waals surface area contributed by atoms with Crippen molar-refractivity contribution in [2.45, 2.75) is 13.0 Å². The molecule has 8 heteroatoms. The molecule has 4 heterocycles. The summed E-state index contributed by atoms with van der Waals surface area (Å²) in [5, 5.41) is 0.475. The molecule has 2 aliphatic heterocycles. The third-order valence-electron chi connectivity index (χ3n) is 4.94. The van der Waals surface area contributed by atoms with Crippen LogP contribution in [0.3, 0.4) is 0 Å². The van der Waals surface area contributed by atoms with Gasteiger partial charge in [-0.05, 0) is 26.1 Å². The number of hydrogen-bond acceptors (Lipinski definition) is 6. The third kappa shape index (κ3) is 2.28. The SMILES string of the molecule is Cc1nc2c3c(nc(=O)n(C)c3c1F)N1CCN(C)CC1C(=O)/C=C\2. The Balaban J connectivity index is 2.13. The molecule has 130 valence electrons. The number of fused-ring (bicyclic) bond motifs is 2. The van der Waals surface area contributed by atoms with Crippen molar-refractivity contribution in [3.63, 3.8) is 0 Å². The number of aryl methyl sites for hydroxylation is 2. The fraction of sp³-hybridized carbons (Fsp3) is 0.412. The predicted molar refractivity (Wildman–Crippen MR) is 92.1 cm³/mol. The molecular weight excluding hydrogens is 325 g/mol. The Hall–Kier alpha value is -2.61. The Bertz CT molecular complexity index is 997. The van der Waals surface area contributed by atoms with E-state index in [1.54, 1.807) is 13.0 Å². The molecule has 7 nitrogen and oxygen atoms in total. The molecule has 0 aromatic carbocycles. The second kappa shape index (κ2) is 5.45. The van der Waals surface area contributed by atoms with E-state index in [0.29, 0.717) is 30.0 Å². The first-order chi connectivity index (χ1) is 11.9. The minimum Gasteiger partial charge on any atom is -0.343 e. The Kier molecular flexibility index (Phi) is 3.47. The Morgan fingerprint density at radius 2 is 1.92 bits per heavy atom. The summed E-state index contributed by atoms with van der Waals surface area (Å²) in [5.74, 6) is -0.264. The summed E-state index contributed by atoms with van der Waals surface area (Å²) in [7, 11) is 3.44. The number of halogens is 1. The lowest BCUT2D eigenvalue weighted by molar-refractivity contribution is -0.116. The maximum atomic E-state index is 14.8. The first-order valence-electron chi connectivity index (χ1n) is 8.12. The van der Waals surface area contributed by atoms with Crippen LogP contribution >= 0.6 is 0 Å². The van der Waals surface area contributed by atoms with Gasteiger partial charge in [-0.1, -0.05) is 0 Å². The molecule has 1 fully saturated rings. The Labute approximate surface area is 143 Å². The molecule has 1 atom stereocenters. The summed E-state index contributed by atoms with van der Waals surface area (Å²) in [6.07, 6.45) is 3.09. The van der Waals surface area contributed by atoms with Crippen molar-refractivity contribution in [2.24, 2.45) is 7.05 Å². The summed E-state index contributed by atoms with van der Waals surface area (Å²) < 4.78 is 16.0. The van der Waals surface area contributed by atoms with E-state index < -0.39 is 17.5 Å². The molecule has 0 amide bonds. The Morgan fingerprint density at radius 1 is 1.16 bits per heavy atom. The monoisotopic (exact) mass is 343 g/mol. The second-order valence-corrected chi connectivity index (χ2v) is 6.60. The average molecular weight is 343 g/mol. The fourth-order valence-electron chi connectivity index (χ4n) is 3.56. The van der Waals surface area contributed by atoms with Gasteiger partial charge in [0.25, 0.3) is 0 Å². The van der Waals surface area contributed by atoms with Gasteiger partial charge in [0, 0.05) is 26.7 Å². The maximum Gasteiger partial charge on any atom is 0.349 e. The first kappa shape index (κ1) is 15.9. The lowest BCUT2D eigenvalue weighted by Gasteiger charge is -2.40. The van der Waals surface area contributed by atoms with Crippen molar-refractivity contribution in [2.75, 3.05) is 31.6 Å². The van der Waals surface area contributed by atoms with Crippen molar-refractivity contribution in [1.82, 2.24) is 19.4 Å². The molecular formula is C17H18FN5O2. The molecule has 0 N–H and O–H groups in total. The zero-order valence-electron chi connectivity index (χ0n) is 14.3. The summed E-state index contributed by atoms with van der Waals surface area (Å²) in [4.78, 5) is 37.3. The van der Waals surface area contributed by atoms with Crippen LogP contribution in [0.15, 0.2) is 10.9 Å². The molecule has 2 aromatic rings. The molecule has 25 heavy (non-hydrogen) atoms. The van der Waals surface area contributed by atoms with Gasteiger partial charge in [0.05, 0.1) is 22.3 Å². The number of hydrogen-bond donors (Lipinski definition) is 0. The number of likely N-dealkylation sites (N-methyl/N-ethyl adjacent to an activating group) is 1. The molecule has 0 bridgehead atoms. The van der Waals surface area contributed by atoms with Crippen molar-refractivity contribution in [3.05, 3.63) is 33.8 Å². The van der Waals surface area contributed by atoms with Crippen LogP contribution in [0.2, 0.25) is 0 Å². The van der Waals surface area contributed by atoms with Gasteiger partial charge >= 0.3 is 5.69 Å². The number of carbonyl (C=O) groups excluding carboxylic acids is 1. The van der Waals surface area contributed by atoms with E-state index in [9.17, 15) is 14.0 Å². The van der Waals surface area contributed by atoms with Crippen LogP contribution in [0.1, 0.15) is 11.4 Å². The van der Waals surface area contributed by atoms with Gasteiger partial charge in [-0.3, -0.25) is 9.36 Å². The summed E-state index contributed by atoms with van der Waals surface area (Å²) in [5.41, 5.74) is 0.266. The van der Waals surface area contributed by atoms with Crippen LogP contribution in [-0.2, 0) is 11.8 Å². The largest absolute Gasteiger partial charge is 0.349 e. The summed E-state index contributed by atoms with van der Waals surface area (Å²) >= 11 is 0. The van der Waals surface area contributed by atoms with E-state index in [4.69, 9.17) is 0 Å². The van der Waals surface area contributed by atoms with Gasteiger partial charge in [0.2, 0.25) is 0 Å². The molecule has 0 radical (unpaired) electrons. The van der Waals surface area contributed by atoms with Gasteiger partial charge < -0.3 is 9.80 Å². The van der Waals surface area contributed by atoms with Crippen LogP contribution in [-0.4, -0.2) is 57.9 Å². The molecule has 0 aliphatic carbocycles. The fourth-order valence-corrected chi connectivity index (χ4v) is 3.56. The number of anilines is 1. The number of carbonyl (C=O) groups is 1. The minimum absolute atomic E-state index is 0.0726.